The Kier molecular flexibility index (Phi) is 5.89. The summed E-state index contributed by atoms with van der Waals surface area (Å²) in [5.41, 5.74) is -0.163. The Hall–Kier alpha value is -1.30. The third-order valence-corrected chi connectivity index (χ3v) is 4.62. The van der Waals surface area contributed by atoms with Gasteiger partial charge in [-0.1, -0.05) is 43.6 Å². The third kappa shape index (κ3) is 5.09. The first-order chi connectivity index (χ1) is 10.8. The summed E-state index contributed by atoms with van der Waals surface area (Å²) in [4.78, 5) is 12.0. The minimum atomic E-state index is -0.867. The van der Waals surface area contributed by atoms with E-state index in [9.17, 15) is 9.90 Å². The molecule has 1 heterocycles. The van der Waals surface area contributed by atoms with E-state index >= 15 is 0 Å². The number of ether oxygens (including phenoxy) is 1. The molecule has 0 atom stereocenters. The molecule has 128 valence electrons. The van der Waals surface area contributed by atoms with Crippen LogP contribution in [0.5, 0.6) is 0 Å². The first-order valence-electron chi connectivity index (χ1n) is 7.89. The summed E-state index contributed by atoms with van der Waals surface area (Å²) in [6, 6.07) is 7.34. The Morgan fingerprint density at radius 2 is 1.96 bits per heavy atom. The molecule has 1 fully saturated rings. The fourth-order valence-electron chi connectivity index (χ4n) is 2.64. The average Bonchev–Trinajstić information content (AvgIpc) is 2.52. The van der Waals surface area contributed by atoms with Crippen molar-refractivity contribution in [3.05, 3.63) is 34.9 Å². The molecule has 0 saturated carbocycles. The van der Waals surface area contributed by atoms with E-state index in [0.717, 1.165) is 5.56 Å². The van der Waals surface area contributed by atoms with Crippen LogP contribution in [0.15, 0.2) is 24.3 Å². The first kappa shape index (κ1) is 18.0. The standard InChI is InChI=1S/C17H25ClN2O3/c1-16(2,13-5-3-4-6-14(13)18)11-19-15(21)20-12-17(22)7-9-23-10-8-17/h3-6,22H,7-12H2,1-2H3,(H2,19,20,21). The zero-order chi connectivity index (χ0) is 16.9. The number of benzene rings is 1. The quantitative estimate of drug-likeness (QED) is 0.771. The molecule has 0 aliphatic carbocycles. The van der Waals surface area contributed by atoms with Crippen molar-refractivity contribution < 1.29 is 14.6 Å². The lowest BCUT2D eigenvalue weighted by Gasteiger charge is -2.32. The summed E-state index contributed by atoms with van der Waals surface area (Å²) in [6.45, 7) is 5.79. The van der Waals surface area contributed by atoms with Crippen LogP contribution < -0.4 is 10.6 Å². The van der Waals surface area contributed by atoms with E-state index in [4.69, 9.17) is 16.3 Å². The van der Waals surface area contributed by atoms with Crippen molar-refractivity contribution in [3.63, 3.8) is 0 Å². The molecular weight excluding hydrogens is 316 g/mol. The molecule has 2 amide bonds. The van der Waals surface area contributed by atoms with Gasteiger partial charge in [0.15, 0.2) is 0 Å². The molecule has 0 unspecified atom stereocenters. The second kappa shape index (κ2) is 7.51. The summed E-state index contributed by atoms with van der Waals surface area (Å²) in [5.74, 6) is 0. The summed E-state index contributed by atoms with van der Waals surface area (Å²) >= 11 is 6.23. The van der Waals surface area contributed by atoms with Crippen molar-refractivity contribution in [2.45, 2.75) is 37.7 Å². The molecule has 23 heavy (non-hydrogen) atoms. The predicted octanol–water partition coefficient (Wildman–Crippen LogP) is 2.46. The maximum absolute atomic E-state index is 12.0. The van der Waals surface area contributed by atoms with Gasteiger partial charge in [0, 0.05) is 49.6 Å². The summed E-state index contributed by atoms with van der Waals surface area (Å²) in [7, 11) is 0. The summed E-state index contributed by atoms with van der Waals surface area (Å²) < 4.78 is 5.22. The number of aliphatic hydroxyl groups is 1. The van der Waals surface area contributed by atoms with Gasteiger partial charge in [-0.15, -0.1) is 0 Å². The van der Waals surface area contributed by atoms with Gasteiger partial charge in [0.25, 0.3) is 0 Å². The molecule has 1 aliphatic heterocycles. The normalized spacial score (nSPS) is 17.6. The molecule has 2 rings (SSSR count). The fourth-order valence-corrected chi connectivity index (χ4v) is 3.03. The summed E-state index contributed by atoms with van der Waals surface area (Å²) in [6.07, 6.45) is 1.08. The van der Waals surface area contributed by atoms with Crippen LogP contribution in [0.4, 0.5) is 4.79 Å². The number of rotatable bonds is 5. The lowest BCUT2D eigenvalue weighted by Crippen LogP contribution is -2.50. The molecule has 1 saturated heterocycles. The Bertz CT molecular complexity index is 542. The second-order valence-electron chi connectivity index (χ2n) is 6.74. The molecule has 0 bridgehead atoms. The van der Waals surface area contributed by atoms with Gasteiger partial charge in [-0.25, -0.2) is 4.79 Å². The lowest BCUT2D eigenvalue weighted by molar-refractivity contribution is -0.0600. The SMILES string of the molecule is CC(C)(CNC(=O)NCC1(O)CCOCC1)c1ccccc1Cl. The zero-order valence-corrected chi connectivity index (χ0v) is 14.4. The molecule has 0 aromatic heterocycles. The van der Waals surface area contributed by atoms with E-state index in [1.165, 1.54) is 0 Å². The van der Waals surface area contributed by atoms with Crippen LogP contribution in [0.1, 0.15) is 32.3 Å². The monoisotopic (exact) mass is 340 g/mol. The van der Waals surface area contributed by atoms with Crippen LogP contribution in [0, 0.1) is 0 Å². The molecule has 0 radical (unpaired) electrons. The highest BCUT2D eigenvalue weighted by atomic mass is 35.5. The topological polar surface area (TPSA) is 70.6 Å². The third-order valence-electron chi connectivity index (χ3n) is 4.30. The van der Waals surface area contributed by atoms with Gasteiger partial charge < -0.3 is 20.5 Å². The number of hydrogen-bond donors (Lipinski definition) is 3. The van der Waals surface area contributed by atoms with E-state index in [1.54, 1.807) is 0 Å². The molecule has 5 nitrogen and oxygen atoms in total. The van der Waals surface area contributed by atoms with Crippen molar-refractivity contribution in [1.82, 2.24) is 10.6 Å². The number of carbonyl (C=O) groups is 1. The van der Waals surface area contributed by atoms with Crippen LogP contribution in [0.25, 0.3) is 0 Å². The van der Waals surface area contributed by atoms with Crippen LogP contribution in [0.2, 0.25) is 5.02 Å². The molecule has 1 aromatic carbocycles. The van der Waals surface area contributed by atoms with E-state index in [-0.39, 0.29) is 18.0 Å². The van der Waals surface area contributed by atoms with Crippen LogP contribution in [-0.4, -0.2) is 43.0 Å². The number of urea groups is 1. The van der Waals surface area contributed by atoms with Gasteiger partial charge in [-0.3, -0.25) is 0 Å². The van der Waals surface area contributed by atoms with E-state index < -0.39 is 5.60 Å². The Morgan fingerprint density at radius 3 is 2.61 bits per heavy atom. The maximum atomic E-state index is 12.0. The van der Waals surface area contributed by atoms with Gasteiger partial charge in [0.1, 0.15) is 0 Å². The highest BCUT2D eigenvalue weighted by molar-refractivity contribution is 6.31. The van der Waals surface area contributed by atoms with Crippen molar-refractivity contribution >= 4 is 17.6 Å². The van der Waals surface area contributed by atoms with Gasteiger partial charge >= 0.3 is 6.03 Å². The van der Waals surface area contributed by atoms with Gasteiger partial charge in [-0.2, -0.15) is 0 Å². The molecular formula is C17H25ClN2O3. The number of halogens is 1. The zero-order valence-electron chi connectivity index (χ0n) is 13.7. The fraction of sp³-hybridized carbons (Fsp3) is 0.588. The molecule has 1 aromatic rings. The minimum absolute atomic E-state index is 0.231. The number of amides is 2. The highest BCUT2D eigenvalue weighted by Crippen LogP contribution is 2.29. The van der Waals surface area contributed by atoms with E-state index in [0.29, 0.717) is 37.6 Å². The van der Waals surface area contributed by atoms with Crippen LogP contribution >= 0.6 is 11.6 Å². The van der Waals surface area contributed by atoms with Crippen LogP contribution in [0.3, 0.4) is 0 Å². The van der Waals surface area contributed by atoms with Crippen LogP contribution in [-0.2, 0) is 10.2 Å². The smallest absolute Gasteiger partial charge is 0.314 e. The van der Waals surface area contributed by atoms with Crippen molar-refractivity contribution in [2.24, 2.45) is 0 Å². The number of nitrogens with one attached hydrogen (secondary N) is 2. The molecule has 3 N–H and O–H groups in total. The number of hydrogen-bond acceptors (Lipinski definition) is 3. The van der Waals surface area contributed by atoms with Crippen molar-refractivity contribution in [3.8, 4) is 0 Å². The Labute approximate surface area is 142 Å². The average molecular weight is 341 g/mol. The van der Waals surface area contributed by atoms with Gasteiger partial charge in [0.05, 0.1) is 5.60 Å². The van der Waals surface area contributed by atoms with Gasteiger partial charge in [-0.05, 0) is 11.6 Å². The van der Waals surface area contributed by atoms with Crippen molar-refractivity contribution in [2.75, 3.05) is 26.3 Å². The second-order valence-corrected chi connectivity index (χ2v) is 7.14. The van der Waals surface area contributed by atoms with Gasteiger partial charge in [0.2, 0.25) is 0 Å². The highest BCUT2D eigenvalue weighted by Gasteiger charge is 2.30. The molecule has 6 heteroatoms. The first-order valence-corrected chi connectivity index (χ1v) is 8.27. The largest absolute Gasteiger partial charge is 0.388 e. The summed E-state index contributed by atoms with van der Waals surface area (Å²) in [5, 5.41) is 16.6. The maximum Gasteiger partial charge on any atom is 0.314 e. The molecule has 1 aliphatic rings. The van der Waals surface area contributed by atoms with E-state index in [1.807, 2.05) is 38.1 Å². The minimum Gasteiger partial charge on any atom is -0.388 e. The predicted molar refractivity (Wildman–Crippen MR) is 90.9 cm³/mol. The molecule has 0 spiro atoms. The van der Waals surface area contributed by atoms with Crippen molar-refractivity contribution in [1.29, 1.82) is 0 Å². The number of carbonyl (C=O) groups excluding carboxylic acids is 1. The Morgan fingerprint density at radius 1 is 1.30 bits per heavy atom. The van der Waals surface area contributed by atoms with E-state index in [2.05, 4.69) is 10.6 Å². The Balaban J connectivity index is 1.83. The lowest BCUT2D eigenvalue weighted by atomic mass is 9.84.